The molecule has 0 unspecified atom stereocenters. The molecular weight excluding hydrogens is 312 g/mol. The molecule has 0 saturated carbocycles. The standard InChI is InChI=1S/C13H24N2O2S3/c1-5-13(6-2,18-4)10-15-20(16,17)12-8-7-11(19-12)9-14-3/h7-8,14-15H,5-6,9-10H2,1-4H3. The molecule has 0 radical (unpaired) electrons. The topological polar surface area (TPSA) is 58.2 Å². The van der Waals surface area contributed by atoms with Crippen LogP contribution in [-0.2, 0) is 16.6 Å². The van der Waals surface area contributed by atoms with E-state index in [4.69, 9.17) is 0 Å². The largest absolute Gasteiger partial charge is 0.315 e. The summed E-state index contributed by atoms with van der Waals surface area (Å²) in [6.07, 6.45) is 3.93. The van der Waals surface area contributed by atoms with Crippen LogP contribution in [0.4, 0.5) is 0 Å². The molecule has 1 aromatic heterocycles. The van der Waals surface area contributed by atoms with E-state index in [0.29, 0.717) is 17.3 Å². The Morgan fingerprint density at radius 1 is 1.30 bits per heavy atom. The average molecular weight is 337 g/mol. The maximum atomic E-state index is 12.3. The molecular formula is C13H24N2O2S3. The van der Waals surface area contributed by atoms with Gasteiger partial charge in [0.05, 0.1) is 0 Å². The first-order valence-electron chi connectivity index (χ1n) is 6.71. The van der Waals surface area contributed by atoms with Crippen molar-refractivity contribution in [3.8, 4) is 0 Å². The van der Waals surface area contributed by atoms with E-state index in [1.165, 1.54) is 11.3 Å². The van der Waals surface area contributed by atoms with Crippen molar-refractivity contribution in [2.45, 2.75) is 42.2 Å². The maximum Gasteiger partial charge on any atom is 0.250 e. The smallest absolute Gasteiger partial charge is 0.250 e. The average Bonchev–Trinajstić information content (AvgIpc) is 2.91. The van der Waals surface area contributed by atoms with Crippen LogP contribution in [0.3, 0.4) is 0 Å². The second-order valence-corrected chi connectivity index (χ2v) is 9.11. The third-order valence-corrected chi connectivity index (χ3v) is 8.12. The van der Waals surface area contributed by atoms with E-state index in [2.05, 4.69) is 23.9 Å². The number of hydrogen-bond donors (Lipinski definition) is 2. The predicted octanol–water partition coefficient (Wildman–Crippen LogP) is 2.67. The highest BCUT2D eigenvalue weighted by atomic mass is 32.2. The van der Waals surface area contributed by atoms with Crippen molar-refractivity contribution in [2.24, 2.45) is 0 Å². The zero-order valence-corrected chi connectivity index (χ0v) is 15.0. The number of sulfonamides is 1. The second-order valence-electron chi connectivity index (χ2n) is 4.67. The van der Waals surface area contributed by atoms with E-state index < -0.39 is 10.0 Å². The lowest BCUT2D eigenvalue weighted by Gasteiger charge is -2.29. The minimum atomic E-state index is -3.39. The Kier molecular flexibility index (Phi) is 7.00. The normalized spacial score (nSPS) is 12.8. The monoisotopic (exact) mass is 336 g/mol. The summed E-state index contributed by atoms with van der Waals surface area (Å²) in [5, 5.41) is 3.02. The van der Waals surface area contributed by atoms with Gasteiger partial charge >= 0.3 is 0 Å². The van der Waals surface area contributed by atoms with Crippen LogP contribution < -0.4 is 10.0 Å². The van der Waals surface area contributed by atoms with Gasteiger partial charge in [0.25, 0.3) is 0 Å². The minimum absolute atomic E-state index is 0.0157. The van der Waals surface area contributed by atoms with Crippen LogP contribution in [0.1, 0.15) is 31.6 Å². The zero-order chi connectivity index (χ0) is 15.2. The lowest BCUT2D eigenvalue weighted by Crippen LogP contribution is -2.39. The molecule has 0 spiro atoms. The molecule has 0 aromatic carbocycles. The molecule has 0 atom stereocenters. The van der Waals surface area contributed by atoms with Gasteiger partial charge in [0.1, 0.15) is 4.21 Å². The number of thioether (sulfide) groups is 1. The van der Waals surface area contributed by atoms with Gasteiger partial charge in [-0.25, -0.2) is 13.1 Å². The Morgan fingerprint density at radius 2 is 1.95 bits per heavy atom. The molecule has 1 rings (SSSR count). The van der Waals surface area contributed by atoms with Crippen molar-refractivity contribution in [1.82, 2.24) is 10.0 Å². The van der Waals surface area contributed by atoms with Gasteiger partial charge in [-0.05, 0) is 38.3 Å². The Bertz CT molecular complexity index is 499. The molecule has 7 heteroatoms. The van der Waals surface area contributed by atoms with Crippen molar-refractivity contribution < 1.29 is 8.42 Å². The van der Waals surface area contributed by atoms with Gasteiger partial charge in [-0.15, -0.1) is 11.3 Å². The second kappa shape index (κ2) is 7.79. The van der Waals surface area contributed by atoms with Crippen molar-refractivity contribution in [1.29, 1.82) is 0 Å². The maximum absolute atomic E-state index is 12.3. The molecule has 0 bridgehead atoms. The van der Waals surface area contributed by atoms with E-state index in [1.807, 2.05) is 19.4 Å². The molecule has 1 aromatic rings. The molecule has 0 aliphatic rings. The van der Waals surface area contributed by atoms with Gasteiger partial charge in [-0.3, -0.25) is 0 Å². The Morgan fingerprint density at radius 3 is 2.45 bits per heavy atom. The van der Waals surface area contributed by atoms with Crippen LogP contribution in [0.15, 0.2) is 16.3 Å². The summed E-state index contributed by atoms with van der Waals surface area (Å²) in [7, 11) is -1.55. The fourth-order valence-corrected chi connectivity index (χ4v) is 5.36. The summed E-state index contributed by atoms with van der Waals surface area (Å²) >= 11 is 3.05. The zero-order valence-electron chi connectivity index (χ0n) is 12.5. The summed E-state index contributed by atoms with van der Waals surface area (Å²) < 4.78 is 27.8. The van der Waals surface area contributed by atoms with Gasteiger partial charge in [-0.2, -0.15) is 11.8 Å². The van der Waals surface area contributed by atoms with Crippen LogP contribution in [-0.4, -0.2) is 33.0 Å². The molecule has 0 aliphatic heterocycles. The van der Waals surface area contributed by atoms with Crippen molar-refractivity contribution in [2.75, 3.05) is 19.8 Å². The Hall–Kier alpha value is -0.0800. The van der Waals surface area contributed by atoms with Crippen LogP contribution in [0.2, 0.25) is 0 Å². The number of nitrogens with one attached hydrogen (secondary N) is 2. The quantitative estimate of drug-likeness (QED) is 0.728. The number of hydrogen-bond acceptors (Lipinski definition) is 5. The van der Waals surface area contributed by atoms with Gasteiger partial charge in [0.15, 0.2) is 0 Å². The van der Waals surface area contributed by atoms with E-state index in [-0.39, 0.29) is 4.75 Å². The van der Waals surface area contributed by atoms with Gasteiger partial charge < -0.3 is 5.32 Å². The summed E-state index contributed by atoms with van der Waals surface area (Å²) in [6.45, 7) is 5.37. The Labute approximate surface area is 130 Å². The fourth-order valence-electron chi connectivity index (χ4n) is 1.93. The molecule has 1 heterocycles. The first kappa shape index (κ1) is 18.0. The van der Waals surface area contributed by atoms with Gasteiger partial charge in [0, 0.05) is 22.7 Å². The van der Waals surface area contributed by atoms with E-state index in [0.717, 1.165) is 17.7 Å². The molecule has 0 fully saturated rings. The summed E-state index contributed by atoms with van der Waals surface area (Å²) in [6, 6.07) is 3.54. The SMILES string of the molecule is CCC(CC)(CNS(=O)(=O)c1ccc(CNC)s1)SC. The Balaban J connectivity index is 2.78. The van der Waals surface area contributed by atoms with E-state index >= 15 is 0 Å². The third-order valence-electron chi connectivity index (χ3n) is 3.56. The van der Waals surface area contributed by atoms with E-state index in [9.17, 15) is 8.42 Å². The highest BCUT2D eigenvalue weighted by molar-refractivity contribution is 8.00. The summed E-state index contributed by atoms with van der Waals surface area (Å²) in [4.78, 5) is 1.02. The lowest BCUT2D eigenvalue weighted by molar-refractivity contribution is 0.523. The van der Waals surface area contributed by atoms with Crippen LogP contribution in [0, 0.1) is 0 Å². The highest BCUT2D eigenvalue weighted by Gasteiger charge is 2.28. The lowest BCUT2D eigenvalue weighted by atomic mass is 10.0. The third kappa shape index (κ3) is 4.46. The molecule has 4 nitrogen and oxygen atoms in total. The van der Waals surface area contributed by atoms with Crippen molar-refractivity contribution in [3.05, 3.63) is 17.0 Å². The van der Waals surface area contributed by atoms with Gasteiger partial charge in [-0.1, -0.05) is 13.8 Å². The van der Waals surface area contributed by atoms with Crippen LogP contribution in [0.25, 0.3) is 0 Å². The minimum Gasteiger partial charge on any atom is -0.315 e. The van der Waals surface area contributed by atoms with Gasteiger partial charge in [0.2, 0.25) is 10.0 Å². The fraction of sp³-hybridized carbons (Fsp3) is 0.692. The summed E-state index contributed by atoms with van der Waals surface area (Å²) in [5.41, 5.74) is 0. The predicted molar refractivity (Wildman–Crippen MR) is 89.1 cm³/mol. The number of thiophene rings is 1. The first-order valence-corrected chi connectivity index (χ1v) is 10.2. The highest BCUT2D eigenvalue weighted by Crippen LogP contribution is 2.30. The van der Waals surface area contributed by atoms with Crippen LogP contribution >= 0.6 is 23.1 Å². The number of rotatable bonds is 9. The molecule has 0 aliphatic carbocycles. The van der Waals surface area contributed by atoms with Crippen LogP contribution in [0.5, 0.6) is 0 Å². The molecule has 0 amide bonds. The molecule has 116 valence electrons. The molecule has 2 N–H and O–H groups in total. The van der Waals surface area contributed by atoms with Crippen molar-refractivity contribution in [3.63, 3.8) is 0 Å². The summed E-state index contributed by atoms with van der Waals surface area (Å²) in [5.74, 6) is 0. The van der Waals surface area contributed by atoms with E-state index in [1.54, 1.807) is 17.8 Å². The molecule has 0 saturated heterocycles. The first-order chi connectivity index (χ1) is 9.43. The molecule has 20 heavy (non-hydrogen) atoms. The van der Waals surface area contributed by atoms with Crippen molar-refractivity contribution >= 4 is 33.1 Å².